The number of pyridine rings is 1. The lowest BCUT2D eigenvalue weighted by atomic mass is 10.1. The average Bonchev–Trinajstić information content (AvgIpc) is 2.97. The molecule has 0 N–H and O–H groups in total. The number of aryl methyl sites for hydroxylation is 1. The molecule has 2 aromatic heterocycles. The van der Waals surface area contributed by atoms with Gasteiger partial charge in [0.15, 0.2) is 0 Å². The van der Waals surface area contributed by atoms with Gasteiger partial charge < -0.3 is 9.26 Å². The van der Waals surface area contributed by atoms with E-state index in [1.807, 2.05) is 37.3 Å². The molecule has 5 heteroatoms. The third-order valence-electron chi connectivity index (χ3n) is 3.24. The molecule has 0 amide bonds. The van der Waals surface area contributed by atoms with Gasteiger partial charge in [-0.25, -0.2) is 0 Å². The molecule has 106 valence electrons. The Bertz CT molecular complexity index is 738. The van der Waals surface area contributed by atoms with E-state index in [-0.39, 0.29) is 0 Å². The maximum absolute atomic E-state index is 5.32. The average molecular weight is 281 g/mol. The third kappa shape index (κ3) is 2.91. The number of ether oxygens (including phenoxy) is 1. The van der Waals surface area contributed by atoms with Crippen LogP contribution in [0.25, 0.3) is 11.4 Å². The number of aromatic nitrogens is 3. The molecule has 2 heterocycles. The second-order valence-corrected chi connectivity index (χ2v) is 4.73. The zero-order valence-electron chi connectivity index (χ0n) is 11.9. The summed E-state index contributed by atoms with van der Waals surface area (Å²) >= 11 is 0. The standard InChI is InChI=1S/C16H15N3O2/c1-11-3-4-13(10-14(11)20-2)16-18-15(21-19-16)9-12-5-7-17-8-6-12/h3-8,10H,9H2,1-2H3. The van der Waals surface area contributed by atoms with Crippen LogP contribution in [-0.2, 0) is 6.42 Å². The number of nitrogens with zero attached hydrogens (tertiary/aromatic N) is 3. The highest BCUT2D eigenvalue weighted by Gasteiger charge is 2.11. The highest BCUT2D eigenvalue weighted by molar-refractivity contribution is 5.58. The SMILES string of the molecule is COc1cc(-c2noc(Cc3ccncc3)n2)ccc1C. The van der Waals surface area contributed by atoms with Crippen molar-refractivity contribution < 1.29 is 9.26 Å². The first-order chi connectivity index (χ1) is 10.3. The molecule has 0 aliphatic rings. The van der Waals surface area contributed by atoms with Gasteiger partial charge in [0, 0.05) is 18.0 Å². The fourth-order valence-electron chi connectivity index (χ4n) is 2.08. The van der Waals surface area contributed by atoms with Crippen molar-refractivity contribution >= 4 is 0 Å². The zero-order chi connectivity index (χ0) is 14.7. The van der Waals surface area contributed by atoms with E-state index < -0.39 is 0 Å². The minimum atomic E-state index is 0.567. The van der Waals surface area contributed by atoms with Crippen LogP contribution in [0.2, 0.25) is 0 Å². The van der Waals surface area contributed by atoms with E-state index >= 15 is 0 Å². The Labute approximate surface area is 122 Å². The van der Waals surface area contributed by atoms with Crippen LogP contribution >= 0.6 is 0 Å². The van der Waals surface area contributed by atoms with E-state index in [2.05, 4.69) is 15.1 Å². The van der Waals surface area contributed by atoms with Gasteiger partial charge in [0.2, 0.25) is 11.7 Å². The number of hydrogen-bond donors (Lipinski definition) is 0. The minimum Gasteiger partial charge on any atom is -0.496 e. The van der Waals surface area contributed by atoms with E-state index in [0.29, 0.717) is 18.1 Å². The Morgan fingerprint density at radius 3 is 2.71 bits per heavy atom. The normalized spacial score (nSPS) is 10.6. The first kappa shape index (κ1) is 13.3. The van der Waals surface area contributed by atoms with Gasteiger partial charge in [0.05, 0.1) is 13.5 Å². The minimum absolute atomic E-state index is 0.567. The van der Waals surface area contributed by atoms with E-state index in [1.54, 1.807) is 19.5 Å². The van der Waals surface area contributed by atoms with E-state index in [9.17, 15) is 0 Å². The Morgan fingerprint density at radius 2 is 1.95 bits per heavy atom. The second kappa shape index (κ2) is 5.75. The molecule has 0 fully saturated rings. The molecule has 0 spiro atoms. The fraction of sp³-hybridized carbons (Fsp3) is 0.188. The van der Waals surface area contributed by atoms with Crippen LogP contribution in [0.4, 0.5) is 0 Å². The first-order valence-corrected chi connectivity index (χ1v) is 6.63. The Hall–Kier alpha value is -2.69. The molecule has 0 radical (unpaired) electrons. The molecule has 1 aromatic carbocycles. The van der Waals surface area contributed by atoms with Crippen molar-refractivity contribution in [1.29, 1.82) is 0 Å². The number of rotatable bonds is 4. The van der Waals surface area contributed by atoms with Crippen LogP contribution in [0, 0.1) is 6.92 Å². The molecule has 3 aromatic rings. The van der Waals surface area contributed by atoms with Gasteiger partial charge >= 0.3 is 0 Å². The Morgan fingerprint density at radius 1 is 1.14 bits per heavy atom. The van der Waals surface area contributed by atoms with Crippen molar-refractivity contribution in [3.8, 4) is 17.1 Å². The quantitative estimate of drug-likeness (QED) is 0.735. The van der Waals surface area contributed by atoms with Gasteiger partial charge in [-0.3, -0.25) is 4.98 Å². The van der Waals surface area contributed by atoms with Crippen molar-refractivity contribution in [2.45, 2.75) is 13.3 Å². The summed E-state index contributed by atoms with van der Waals surface area (Å²) in [5.41, 5.74) is 3.03. The smallest absolute Gasteiger partial charge is 0.231 e. The summed E-state index contributed by atoms with van der Waals surface area (Å²) in [4.78, 5) is 8.41. The van der Waals surface area contributed by atoms with Crippen LogP contribution in [0.15, 0.2) is 47.2 Å². The molecule has 0 saturated heterocycles. The van der Waals surface area contributed by atoms with Crippen molar-refractivity contribution in [3.63, 3.8) is 0 Å². The Kier molecular flexibility index (Phi) is 3.64. The molecular weight excluding hydrogens is 266 g/mol. The summed E-state index contributed by atoms with van der Waals surface area (Å²) in [6, 6.07) is 9.71. The van der Waals surface area contributed by atoms with Crippen LogP contribution in [-0.4, -0.2) is 22.2 Å². The van der Waals surface area contributed by atoms with Crippen molar-refractivity contribution in [2.75, 3.05) is 7.11 Å². The monoisotopic (exact) mass is 281 g/mol. The molecule has 0 atom stereocenters. The van der Waals surface area contributed by atoms with E-state index in [4.69, 9.17) is 9.26 Å². The summed E-state index contributed by atoms with van der Waals surface area (Å²) in [6.07, 6.45) is 4.09. The third-order valence-corrected chi connectivity index (χ3v) is 3.24. The molecule has 0 unspecified atom stereocenters. The van der Waals surface area contributed by atoms with Gasteiger partial charge in [-0.1, -0.05) is 17.3 Å². The second-order valence-electron chi connectivity index (χ2n) is 4.73. The summed E-state index contributed by atoms with van der Waals surface area (Å²) in [6.45, 7) is 1.99. The van der Waals surface area contributed by atoms with Gasteiger partial charge in [0.1, 0.15) is 5.75 Å². The van der Waals surface area contributed by atoms with E-state index in [0.717, 1.165) is 22.4 Å². The molecule has 0 bridgehead atoms. The molecule has 0 saturated carbocycles. The van der Waals surface area contributed by atoms with Crippen molar-refractivity contribution in [2.24, 2.45) is 0 Å². The van der Waals surface area contributed by atoms with E-state index in [1.165, 1.54) is 0 Å². The predicted octanol–water partition coefficient (Wildman–Crippen LogP) is 3.04. The van der Waals surface area contributed by atoms with Crippen LogP contribution in [0.5, 0.6) is 5.75 Å². The van der Waals surface area contributed by atoms with Crippen LogP contribution < -0.4 is 4.74 Å². The molecular formula is C16H15N3O2. The Balaban J connectivity index is 1.85. The fourth-order valence-corrected chi connectivity index (χ4v) is 2.08. The number of hydrogen-bond acceptors (Lipinski definition) is 5. The predicted molar refractivity (Wildman–Crippen MR) is 78.1 cm³/mol. The maximum Gasteiger partial charge on any atom is 0.231 e. The molecule has 0 aliphatic carbocycles. The summed E-state index contributed by atoms with van der Waals surface area (Å²) in [5, 5.41) is 4.03. The van der Waals surface area contributed by atoms with Gasteiger partial charge in [0.25, 0.3) is 0 Å². The maximum atomic E-state index is 5.32. The zero-order valence-corrected chi connectivity index (χ0v) is 11.9. The molecule has 0 aliphatic heterocycles. The van der Waals surface area contributed by atoms with Gasteiger partial charge in [-0.2, -0.15) is 4.98 Å². The molecule has 21 heavy (non-hydrogen) atoms. The lowest BCUT2D eigenvalue weighted by Gasteiger charge is -2.04. The number of methoxy groups -OCH3 is 1. The lowest BCUT2D eigenvalue weighted by Crippen LogP contribution is -1.90. The van der Waals surface area contributed by atoms with Crippen LogP contribution in [0.1, 0.15) is 17.0 Å². The first-order valence-electron chi connectivity index (χ1n) is 6.63. The summed E-state index contributed by atoms with van der Waals surface area (Å²) in [7, 11) is 1.65. The molecule has 5 nitrogen and oxygen atoms in total. The largest absolute Gasteiger partial charge is 0.496 e. The molecule has 3 rings (SSSR count). The van der Waals surface area contributed by atoms with Crippen LogP contribution in [0.3, 0.4) is 0 Å². The highest BCUT2D eigenvalue weighted by Crippen LogP contribution is 2.25. The summed E-state index contributed by atoms with van der Waals surface area (Å²) in [5.74, 6) is 1.96. The van der Waals surface area contributed by atoms with Crippen molar-refractivity contribution in [1.82, 2.24) is 15.1 Å². The summed E-state index contributed by atoms with van der Waals surface area (Å²) < 4.78 is 10.6. The van der Waals surface area contributed by atoms with Gasteiger partial charge in [-0.05, 0) is 36.2 Å². The topological polar surface area (TPSA) is 61.0 Å². The van der Waals surface area contributed by atoms with Gasteiger partial charge in [-0.15, -0.1) is 0 Å². The lowest BCUT2D eigenvalue weighted by molar-refractivity contribution is 0.385. The highest BCUT2D eigenvalue weighted by atomic mass is 16.5. The number of benzene rings is 1. The van der Waals surface area contributed by atoms with Crippen molar-refractivity contribution in [3.05, 3.63) is 59.7 Å².